The summed E-state index contributed by atoms with van der Waals surface area (Å²) in [5.41, 5.74) is 3.88. The molecule has 5 aromatic rings. The van der Waals surface area contributed by atoms with E-state index in [9.17, 15) is 4.79 Å². The number of para-hydroxylation sites is 2. The Bertz CT molecular complexity index is 1520. The summed E-state index contributed by atoms with van der Waals surface area (Å²) < 4.78 is 5.16. The molecule has 174 valence electrons. The van der Waals surface area contributed by atoms with Crippen molar-refractivity contribution in [2.45, 2.75) is 50.2 Å². The number of thiazole rings is 1. The van der Waals surface area contributed by atoms with Crippen LogP contribution in [0.15, 0.2) is 64.5 Å². The van der Waals surface area contributed by atoms with Crippen LogP contribution in [0.2, 0.25) is 0 Å². The van der Waals surface area contributed by atoms with Gasteiger partial charge < -0.3 is 9.55 Å². The lowest BCUT2D eigenvalue weighted by Gasteiger charge is -2.12. The average molecular weight is 508 g/mol. The third-order valence-electron chi connectivity index (χ3n) is 5.72. The van der Waals surface area contributed by atoms with E-state index in [1.165, 1.54) is 16.9 Å². The van der Waals surface area contributed by atoms with Crippen LogP contribution in [0.25, 0.3) is 21.4 Å². The van der Waals surface area contributed by atoms with Gasteiger partial charge in [-0.25, -0.2) is 9.97 Å². The van der Waals surface area contributed by atoms with E-state index in [1.54, 1.807) is 11.8 Å². The van der Waals surface area contributed by atoms with Crippen molar-refractivity contribution in [3.63, 3.8) is 0 Å². The molecule has 5 rings (SSSR count). The molecule has 0 fully saturated rings. The highest BCUT2D eigenvalue weighted by Crippen LogP contribution is 2.26. The summed E-state index contributed by atoms with van der Waals surface area (Å²) in [5, 5.41) is 0.715. The van der Waals surface area contributed by atoms with E-state index in [4.69, 9.17) is 17.2 Å². The summed E-state index contributed by atoms with van der Waals surface area (Å²) in [5.74, 6) is 1.47. The van der Waals surface area contributed by atoms with Crippen LogP contribution >= 0.6 is 35.3 Å². The van der Waals surface area contributed by atoms with Crippen LogP contribution in [-0.4, -0.2) is 24.1 Å². The summed E-state index contributed by atoms with van der Waals surface area (Å²) in [6.45, 7) is 3.47. The molecule has 0 bridgehead atoms. The highest BCUT2D eigenvalue weighted by Gasteiger charge is 2.17. The quantitative estimate of drug-likeness (QED) is 0.146. The van der Waals surface area contributed by atoms with Crippen LogP contribution in [0.4, 0.5) is 0 Å². The monoisotopic (exact) mass is 507 g/mol. The fourth-order valence-corrected chi connectivity index (χ4v) is 6.14. The number of H-pyrrole nitrogens is 1. The van der Waals surface area contributed by atoms with E-state index < -0.39 is 0 Å². The smallest absolute Gasteiger partial charge is 0.273 e. The van der Waals surface area contributed by atoms with Gasteiger partial charge in [0, 0.05) is 13.1 Å². The van der Waals surface area contributed by atoms with Gasteiger partial charge in [0.15, 0.2) is 14.8 Å². The Balaban J connectivity index is 1.50. The van der Waals surface area contributed by atoms with Crippen LogP contribution < -0.4 is 5.56 Å². The van der Waals surface area contributed by atoms with Crippen molar-refractivity contribution < 1.29 is 0 Å². The van der Waals surface area contributed by atoms with Crippen molar-refractivity contribution >= 4 is 56.7 Å². The Hall–Kier alpha value is -2.75. The molecule has 0 atom stereocenters. The van der Waals surface area contributed by atoms with Gasteiger partial charge in [0.05, 0.1) is 16.8 Å². The standard InChI is InChI=1S/C25H25N5OS3/c1-2-3-14-30-23(31)21-22(29(25(32)34-21)15-13-17-9-5-4-6-10-17)28-24(30)33-16-20-26-18-11-7-8-12-19(18)27-20/h4-12H,2-3,13-16H2,1H3,(H,26,27). The van der Waals surface area contributed by atoms with Gasteiger partial charge in [-0.05, 0) is 42.8 Å². The molecular formula is C25H25N5OS3. The summed E-state index contributed by atoms with van der Waals surface area (Å²) in [4.78, 5) is 26.5. The number of fused-ring (bicyclic) bond motifs is 2. The van der Waals surface area contributed by atoms with Gasteiger partial charge in [0.1, 0.15) is 10.5 Å². The molecule has 3 heterocycles. The highest BCUT2D eigenvalue weighted by molar-refractivity contribution is 7.98. The molecule has 3 aromatic heterocycles. The lowest BCUT2D eigenvalue weighted by molar-refractivity contribution is 0.555. The predicted molar refractivity (Wildman–Crippen MR) is 143 cm³/mol. The topological polar surface area (TPSA) is 68.5 Å². The number of hydrogen-bond donors (Lipinski definition) is 1. The fraction of sp³-hybridized carbons (Fsp3) is 0.280. The van der Waals surface area contributed by atoms with Crippen molar-refractivity contribution in [2.75, 3.05) is 0 Å². The molecule has 0 unspecified atom stereocenters. The van der Waals surface area contributed by atoms with Crippen molar-refractivity contribution in [3.8, 4) is 0 Å². The number of nitrogens with zero attached hydrogens (tertiary/aromatic N) is 4. The third-order valence-corrected chi connectivity index (χ3v) is 8.13. The first-order valence-corrected chi connectivity index (χ1v) is 13.6. The van der Waals surface area contributed by atoms with E-state index in [0.29, 0.717) is 38.3 Å². The van der Waals surface area contributed by atoms with Crippen LogP contribution in [-0.2, 0) is 25.3 Å². The molecule has 34 heavy (non-hydrogen) atoms. The number of aryl methyl sites for hydroxylation is 2. The minimum Gasteiger partial charge on any atom is -0.341 e. The zero-order valence-corrected chi connectivity index (χ0v) is 21.3. The molecule has 0 aliphatic rings. The molecule has 1 N–H and O–H groups in total. The molecule has 0 radical (unpaired) electrons. The van der Waals surface area contributed by atoms with E-state index in [1.807, 2.05) is 51.6 Å². The number of rotatable bonds is 9. The molecule has 9 heteroatoms. The molecule has 0 aliphatic heterocycles. The Labute approximate surface area is 210 Å². The second-order valence-electron chi connectivity index (χ2n) is 8.10. The summed E-state index contributed by atoms with van der Waals surface area (Å²) in [7, 11) is 0. The molecular weight excluding hydrogens is 483 g/mol. The second-order valence-corrected chi connectivity index (χ2v) is 10.7. The molecule has 0 saturated carbocycles. The lowest BCUT2D eigenvalue weighted by Crippen LogP contribution is -2.23. The maximum Gasteiger partial charge on any atom is 0.273 e. The number of benzene rings is 2. The van der Waals surface area contributed by atoms with Gasteiger partial charge in [-0.3, -0.25) is 9.36 Å². The van der Waals surface area contributed by atoms with E-state index in [-0.39, 0.29) is 5.56 Å². The molecule has 0 aliphatic carbocycles. The predicted octanol–water partition coefficient (Wildman–Crippen LogP) is 6.20. The Morgan fingerprint density at radius 3 is 2.62 bits per heavy atom. The molecule has 0 spiro atoms. The third kappa shape index (κ3) is 4.73. The largest absolute Gasteiger partial charge is 0.341 e. The fourth-order valence-electron chi connectivity index (χ4n) is 3.92. The van der Waals surface area contributed by atoms with Gasteiger partial charge in [-0.15, -0.1) is 0 Å². The average Bonchev–Trinajstić information content (AvgIpc) is 3.42. The molecule has 0 amide bonds. The summed E-state index contributed by atoms with van der Waals surface area (Å²) in [6, 6.07) is 18.3. The Morgan fingerprint density at radius 1 is 1.03 bits per heavy atom. The highest BCUT2D eigenvalue weighted by atomic mass is 32.2. The lowest BCUT2D eigenvalue weighted by atomic mass is 10.1. The number of aromatic nitrogens is 5. The first-order chi connectivity index (χ1) is 16.6. The van der Waals surface area contributed by atoms with Crippen molar-refractivity contribution in [1.82, 2.24) is 24.1 Å². The van der Waals surface area contributed by atoms with Gasteiger partial charge in [-0.1, -0.05) is 78.9 Å². The van der Waals surface area contributed by atoms with E-state index in [0.717, 1.165) is 36.1 Å². The first-order valence-electron chi connectivity index (χ1n) is 11.4. The normalized spacial score (nSPS) is 11.6. The van der Waals surface area contributed by atoms with E-state index >= 15 is 0 Å². The van der Waals surface area contributed by atoms with Crippen molar-refractivity contribution in [3.05, 3.63) is 80.3 Å². The van der Waals surface area contributed by atoms with Crippen LogP contribution in [0.5, 0.6) is 0 Å². The van der Waals surface area contributed by atoms with Gasteiger partial charge in [-0.2, -0.15) is 0 Å². The van der Waals surface area contributed by atoms with Gasteiger partial charge in [0.2, 0.25) is 0 Å². The molecule has 6 nitrogen and oxygen atoms in total. The zero-order valence-electron chi connectivity index (χ0n) is 18.9. The second kappa shape index (κ2) is 10.2. The number of imidazole rings is 1. The number of nitrogens with one attached hydrogen (secondary N) is 1. The minimum absolute atomic E-state index is 0.000108. The first kappa shape index (κ1) is 23.0. The number of aromatic amines is 1. The SMILES string of the molecule is CCCCn1c(SCc2nc3ccccc3[nH]2)nc2c(sc(=S)n2CCc2ccccc2)c1=O. The molecule has 0 saturated heterocycles. The molecule has 2 aromatic carbocycles. The van der Waals surface area contributed by atoms with Crippen molar-refractivity contribution in [2.24, 2.45) is 0 Å². The van der Waals surface area contributed by atoms with Crippen molar-refractivity contribution in [1.29, 1.82) is 0 Å². The zero-order chi connectivity index (χ0) is 23.5. The summed E-state index contributed by atoms with van der Waals surface area (Å²) >= 11 is 8.56. The summed E-state index contributed by atoms with van der Waals surface area (Å²) in [6.07, 6.45) is 2.76. The maximum absolute atomic E-state index is 13.5. The van der Waals surface area contributed by atoms with Gasteiger partial charge >= 0.3 is 0 Å². The minimum atomic E-state index is 0.000108. The number of thioether (sulfide) groups is 1. The number of unbranched alkanes of at least 4 members (excludes halogenated alkanes) is 1. The maximum atomic E-state index is 13.5. The van der Waals surface area contributed by atoms with E-state index in [2.05, 4.69) is 29.0 Å². The van der Waals surface area contributed by atoms with Gasteiger partial charge in [0.25, 0.3) is 5.56 Å². The van der Waals surface area contributed by atoms with Crippen LogP contribution in [0.1, 0.15) is 31.2 Å². The Kier molecular flexibility index (Phi) is 6.94. The Morgan fingerprint density at radius 2 is 1.82 bits per heavy atom. The van der Waals surface area contributed by atoms with Crippen LogP contribution in [0.3, 0.4) is 0 Å². The number of hydrogen-bond acceptors (Lipinski definition) is 6. The van der Waals surface area contributed by atoms with Crippen LogP contribution in [0, 0.1) is 3.95 Å².